The van der Waals surface area contributed by atoms with Gasteiger partial charge in [0.1, 0.15) is 11.2 Å². The molecule has 6 heteroatoms. The van der Waals surface area contributed by atoms with Crippen molar-refractivity contribution in [2.75, 3.05) is 0 Å². The third-order valence-corrected chi connectivity index (χ3v) is 2.79. The molecule has 1 heterocycles. The first kappa shape index (κ1) is 14.1. The molecule has 1 nitrogen and oxygen atoms in total. The van der Waals surface area contributed by atoms with Crippen molar-refractivity contribution in [2.45, 2.75) is 0 Å². The summed E-state index contributed by atoms with van der Waals surface area (Å²) in [6.45, 7) is -5.05. The van der Waals surface area contributed by atoms with Crippen molar-refractivity contribution in [1.82, 2.24) is 0 Å². The van der Waals surface area contributed by atoms with Gasteiger partial charge < -0.3 is 17.4 Å². The molecule has 0 saturated carbocycles. The van der Waals surface area contributed by atoms with E-state index < -0.39 is 12.4 Å². The third kappa shape index (κ3) is 2.28. The maximum Gasteiger partial charge on any atom is 1.00 e. The zero-order valence-corrected chi connectivity index (χ0v) is 12.8. The molecular formula is C12H7BF3KO. The minimum atomic E-state index is -5.05. The molecule has 0 unspecified atom stereocenters. The van der Waals surface area contributed by atoms with E-state index in [0.717, 1.165) is 6.07 Å². The van der Waals surface area contributed by atoms with E-state index in [1.54, 1.807) is 30.3 Å². The van der Waals surface area contributed by atoms with Gasteiger partial charge in [0.2, 0.25) is 0 Å². The van der Waals surface area contributed by atoms with Gasteiger partial charge in [0.15, 0.2) is 0 Å². The predicted molar refractivity (Wildman–Crippen MR) is 62.4 cm³/mol. The molecule has 0 fully saturated rings. The molecule has 3 rings (SSSR count). The molecule has 18 heavy (non-hydrogen) atoms. The van der Waals surface area contributed by atoms with Crippen molar-refractivity contribution < 1.29 is 68.7 Å². The maximum absolute atomic E-state index is 12.8. The second-order valence-corrected chi connectivity index (χ2v) is 3.90. The Balaban J connectivity index is 0.00000120. The summed E-state index contributed by atoms with van der Waals surface area (Å²) in [6, 6.07) is 11.1. The van der Waals surface area contributed by atoms with Crippen LogP contribution in [-0.2, 0) is 0 Å². The van der Waals surface area contributed by atoms with Gasteiger partial charge in [-0.1, -0.05) is 41.9 Å². The molecule has 0 aliphatic carbocycles. The first-order valence-corrected chi connectivity index (χ1v) is 5.17. The fraction of sp³-hybridized carbons (Fsp3) is 0. The van der Waals surface area contributed by atoms with Gasteiger partial charge in [-0.2, -0.15) is 0 Å². The standard InChI is InChI=1S/C12H7BF3O.K/c14-13(15,16)10-6-3-5-9-8-4-1-2-7-11(8)17-12(9)10;/h1-7H;/q-1;+1. The molecule has 0 N–H and O–H groups in total. The van der Waals surface area contributed by atoms with E-state index in [9.17, 15) is 12.9 Å². The van der Waals surface area contributed by atoms with Gasteiger partial charge in [0, 0.05) is 10.8 Å². The molecule has 3 aromatic rings. The van der Waals surface area contributed by atoms with Crippen LogP contribution in [0.25, 0.3) is 21.9 Å². The molecule has 0 aliphatic rings. The second kappa shape index (κ2) is 5.02. The number of fused-ring (bicyclic) bond motifs is 3. The molecule has 0 saturated heterocycles. The summed E-state index contributed by atoms with van der Waals surface area (Å²) >= 11 is 0. The topological polar surface area (TPSA) is 13.1 Å². The molecule has 0 bridgehead atoms. The number of hydrogen-bond acceptors (Lipinski definition) is 1. The Morgan fingerprint density at radius 2 is 1.50 bits per heavy atom. The Bertz CT molecular complexity index is 705. The van der Waals surface area contributed by atoms with Crippen molar-refractivity contribution in [3.63, 3.8) is 0 Å². The molecule has 0 radical (unpaired) electrons. The summed E-state index contributed by atoms with van der Waals surface area (Å²) < 4.78 is 43.9. The summed E-state index contributed by atoms with van der Waals surface area (Å²) in [5, 5.41) is 1.22. The Morgan fingerprint density at radius 1 is 0.833 bits per heavy atom. The van der Waals surface area contributed by atoms with Crippen molar-refractivity contribution in [1.29, 1.82) is 0 Å². The van der Waals surface area contributed by atoms with Gasteiger partial charge in [-0.3, -0.25) is 0 Å². The number of furan rings is 1. The fourth-order valence-electron chi connectivity index (χ4n) is 2.03. The Morgan fingerprint density at radius 3 is 2.22 bits per heavy atom. The van der Waals surface area contributed by atoms with Gasteiger partial charge >= 0.3 is 58.4 Å². The number of hydrogen-bond donors (Lipinski definition) is 0. The van der Waals surface area contributed by atoms with Crippen LogP contribution >= 0.6 is 0 Å². The van der Waals surface area contributed by atoms with Gasteiger partial charge in [-0.15, -0.1) is 0 Å². The van der Waals surface area contributed by atoms with Crippen LogP contribution in [-0.4, -0.2) is 6.98 Å². The van der Waals surface area contributed by atoms with Gasteiger partial charge in [0.25, 0.3) is 0 Å². The minimum Gasteiger partial charge on any atom is -0.459 e. The fourth-order valence-corrected chi connectivity index (χ4v) is 2.03. The number of rotatable bonds is 1. The Hall–Kier alpha value is -0.269. The monoisotopic (exact) mass is 274 g/mol. The first-order chi connectivity index (χ1) is 8.07. The SMILES string of the molecule is F[B-](F)(F)c1cccc2c1oc1ccccc12.[K+]. The molecule has 0 amide bonds. The van der Waals surface area contributed by atoms with E-state index in [0.29, 0.717) is 16.4 Å². The summed E-state index contributed by atoms with van der Waals surface area (Å²) in [4.78, 5) is 0. The largest absolute Gasteiger partial charge is 1.00 e. The van der Waals surface area contributed by atoms with Crippen LogP contribution in [0.4, 0.5) is 12.9 Å². The molecule has 0 aliphatic heterocycles. The molecule has 0 spiro atoms. The maximum atomic E-state index is 12.8. The molecule has 86 valence electrons. The quantitative estimate of drug-likeness (QED) is 0.594. The third-order valence-electron chi connectivity index (χ3n) is 2.79. The van der Waals surface area contributed by atoms with E-state index in [1.807, 2.05) is 0 Å². The zero-order chi connectivity index (χ0) is 12.0. The smallest absolute Gasteiger partial charge is 0.459 e. The molecule has 1 aromatic heterocycles. The average molecular weight is 274 g/mol. The Kier molecular flexibility index (Phi) is 3.94. The van der Waals surface area contributed by atoms with E-state index in [4.69, 9.17) is 4.42 Å². The summed E-state index contributed by atoms with van der Waals surface area (Å²) in [5.41, 5.74) is -0.255. The van der Waals surface area contributed by atoms with Crippen LogP contribution in [0, 0.1) is 0 Å². The van der Waals surface area contributed by atoms with Crippen molar-refractivity contribution in [2.24, 2.45) is 0 Å². The number of halogens is 3. The van der Waals surface area contributed by atoms with E-state index >= 15 is 0 Å². The van der Waals surface area contributed by atoms with Gasteiger partial charge in [0.05, 0.1) is 0 Å². The molecule has 2 aromatic carbocycles. The van der Waals surface area contributed by atoms with Crippen LogP contribution in [0.2, 0.25) is 0 Å². The average Bonchev–Trinajstić information content (AvgIpc) is 2.65. The van der Waals surface area contributed by atoms with Crippen LogP contribution in [0.5, 0.6) is 0 Å². The van der Waals surface area contributed by atoms with Crippen LogP contribution in [0.1, 0.15) is 0 Å². The van der Waals surface area contributed by atoms with E-state index in [-0.39, 0.29) is 57.0 Å². The molecule has 0 atom stereocenters. The van der Waals surface area contributed by atoms with Crippen molar-refractivity contribution in [3.05, 3.63) is 42.5 Å². The zero-order valence-electron chi connectivity index (χ0n) is 9.66. The van der Waals surface area contributed by atoms with Crippen molar-refractivity contribution in [3.8, 4) is 0 Å². The summed E-state index contributed by atoms with van der Waals surface area (Å²) in [6.07, 6.45) is 0. The summed E-state index contributed by atoms with van der Waals surface area (Å²) in [7, 11) is 0. The number of para-hydroxylation sites is 2. The normalized spacial score (nSPS) is 11.7. The van der Waals surface area contributed by atoms with Crippen LogP contribution in [0.3, 0.4) is 0 Å². The van der Waals surface area contributed by atoms with Gasteiger partial charge in [-0.05, 0) is 6.07 Å². The second-order valence-electron chi connectivity index (χ2n) is 3.90. The number of benzene rings is 2. The van der Waals surface area contributed by atoms with Crippen LogP contribution < -0.4 is 56.8 Å². The van der Waals surface area contributed by atoms with Crippen LogP contribution in [0.15, 0.2) is 46.9 Å². The molecular weight excluding hydrogens is 267 g/mol. The Labute approximate surface area is 144 Å². The van der Waals surface area contributed by atoms with E-state index in [1.165, 1.54) is 6.07 Å². The summed E-state index contributed by atoms with van der Waals surface area (Å²) in [5.74, 6) is 0. The van der Waals surface area contributed by atoms with Gasteiger partial charge in [-0.25, -0.2) is 0 Å². The van der Waals surface area contributed by atoms with Crippen molar-refractivity contribution >= 4 is 34.4 Å². The predicted octanol–water partition coefficient (Wildman–Crippen LogP) is 0.644. The minimum absolute atomic E-state index is 0. The van der Waals surface area contributed by atoms with E-state index in [2.05, 4.69) is 0 Å². The first-order valence-electron chi connectivity index (χ1n) is 5.17.